The van der Waals surface area contributed by atoms with Crippen LogP contribution in [0.5, 0.6) is 5.75 Å². The molecule has 31 heavy (non-hydrogen) atoms. The van der Waals surface area contributed by atoms with E-state index in [1.165, 1.54) is 0 Å². The van der Waals surface area contributed by atoms with Gasteiger partial charge in [-0.25, -0.2) is 5.01 Å². The molecule has 1 N–H and O–H groups in total. The smallest absolute Gasteiger partial charge is 0.243 e. The number of hydrogen-bond acceptors (Lipinski definition) is 4. The van der Waals surface area contributed by atoms with Crippen molar-refractivity contribution in [2.45, 2.75) is 51.5 Å². The predicted octanol–water partition coefficient (Wildman–Crippen LogP) is 4.46. The van der Waals surface area contributed by atoms with Crippen molar-refractivity contribution in [2.24, 2.45) is 5.10 Å². The molecule has 0 fully saturated rings. The molecule has 2 aromatic rings. The summed E-state index contributed by atoms with van der Waals surface area (Å²) in [7, 11) is 1.63. The Hall–Kier alpha value is -3.15. The number of methoxy groups -OCH3 is 1. The van der Waals surface area contributed by atoms with Crippen LogP contribution < -0.4 is 10.1 Å². The zero-order valence-electron chi connectivity index (χ0n) is 18.3. The van der Waals surface area contributed by atoms with Crippen LogP contribution in [0.3, 0.4) is 0 Å². The van der Waals surface area contributed by atoms with Crippen LogP contribution in [0.15, 0.2) is 59.7 Å². The first-order valence-electron chi connectivity index (χ1n) is 11.0. The van der Waals surface area contributed by atoms with E-state index >= 15 is 0 Å². The molecule has 2 amide bonds. The minimum atomic E-state index is -0.193. The number of ether oxygens (including phenoxy) is 1. The lowest BCUT2D eigenvalue weighted by Crippen LogP contribution is -2.30. The largest absolute Gasteiger partial charge is 0.497 e. The first kappa shape index (κ1) is 22.5. The van der Waals surface area contributed by atoms with Gasteiger partial charge in [-0.2, -0.15) is 5.10 Å². The third-order valence-corrected chi connectivity index (χ3v) is 5.44. The monoisotopic (exact) mass is 421 g/mol. The molecule has 3 rings (SSSR count). The van der Waals surface area contributed by atoms with E-state index < -0.39 is 0 Å². The van der Waals surface area contributed by atoms with Gasteiger partial charge in [-0.1, -0.05) is 62.2 Å². The number of benzene rings is 2. The van der Waals surface area contributed by atoms with E-state index in [1.54, 1.807) is 12.1 Å². The summed E-state index contributed by atoms with van der Waals surface area (Å²) >= 11 is 0. The lowest BCUT2D eigenvalue weighted by molar-refractivity contribution is -0.135. The minimum Gasteiger partial charge on any atom is -0.497 e. The van der Waals surface area contributed by atoms with Gasteiger partial charge in [0.2, 0.25) is 11.8 Å². The van der Waals surface area contributed by atoms with Crippen LogP contribution in [0.2, 0.25) is 0 Å². The first-order chi connectivity index (χ1) is 15.1. The van der Waals surface area contributed by atoms with Crippen LogP contribution in [-0.2, 0) is 9.59 Å². The molecule has 0 bridgehead atoms. The van der Waals surface area contributed by atoms with Gasteiger partial charge in [0.1, 0.15) is 5.75 Å². The fourth-order valence-electron chi connectivity index (χ4n) is 3.66. The number of amides is 2. The van der Waals surface area contributed by atoms with Gasteiger partial charge >= 0.3 is 0 Å². The molecule has 0 aromatic heterocycles. The number of carbonyl (C=O) groups is 2. The first-order valence-corrected chi connectivity index (χ1v) is 11.0. The summed E-state index contributed by atoms with van der Waals surface area (Å²) in [5.74, 6) is 0.538. The van der Waals surface area contributed by atoms with E-state index in [4.69, 9.17) is 4.74 Å². The summed E-state index contributed by atoms with van der Waals surface area (Å²) < 4.78 is 5.26. The van der Waals surface area contributed by atoms with Crippen molar-refractivity contribution in [1.29, 1.82) is 0 Å². The zero-order valence-corrected chi connectivity index (χ0v) is 18.3. The maximum atomic E-state index is 13.0. The molecular weight excluding hydrogens is 390 g/mol. The Balaban J connectivity index is 1.70. The van der Waals surface area contributed by atoms with Crippen molar-refractivity contribution in [1.82, 2.24) is 10.3 Å². The lowest BCUT2D eigenvalue weighted by atomic mass is 9.98. The SMILES string of the molecule is CCCCCNC(=O)CCC(=O)N1N=C(c2ccccc2)CC1c1ccc(OC)cc1. The topological polar surface area (TPSA) is 71.0 Å². The third-order valence-electron chi connectivity index (χ3n) is 5.44. The van der Waals surface area contributed by atoms with E-state index in [-0.39, 0.29) is 30.7 Å². The van der Waals surface area contributed by atoms with Crippen molar-refractivity contribution < 1.29 is 14.3 Å². The molecule has 1 unspecified atom stereocenters. The van der Waals surface area contributed by atoms with Gasteiger partial charge in [0.15, 0.2) is 0 Å². The molecule has 2 aromatic carbocycles. The lowest BCUT2D eigenvalue weighted by Gasteiger charge is -2.22. The molecule has 1 heterocycles. The summed E-state index contributed by atoms with van der Waals surface area (Å²) in [6.45, 7) is 2.79. The second kappa shape index (κ2) is 11.3. The van der Waals surface area contributed by atoms with Crippen molar-refractivity contribution in [2.75, 3.05) is 13.7 Å². The molecule has 0 spiro atoms. The molecule has 6 nitrogen and oxygen atoms in total. The standard InChI is InChI=1S/C25H31N3O3/c1-3-4-8-17-26-24(29)15-16-25(30)28-23(20-11-13-21(31-2)14-12-20)18-22(27-28)19-9-6-5-7-10-19/h5-7,9-14,23H,3-4,8,15-18H2,1-2H3,(H,26,29). The van der Waals surface area contributed by atoms with Gasteiger partial charge in [-0.15, -0.1) is 0 Å². The number of hydrogen-bond donors (Lipinski definition) is 1. The Labute approximate surface area is 184 Å². The fourth-order valence-corrected chi connectivity index (χ4v) is 3.66. The molecule has 1 aliphatic rings. The van der Waals surface area contributed by atoms with Crippen LogP contribution in [0.4, 0.5) is 0 Å². The van der Waals surface area contributed by atoms with Crippen molar-refractivity contribution in [3.05, 3.63) is 65.7 Å². The van der Waals surface area contributed by atoms with Crippen LogP contribution in [0, 0.1) is 0 Å². The van der Waals surface area contributed by atoms with Gasteiger partial charge < -0.3 is 10.1 Å². The van der Waals surface area contributed by atoms with Gasteiger partial charge in [-0.05, 0) is 29.7 Å². The number of nitrogens with one attached hydrogen (secondary N) is 1. The fraction of sp³-hybridized carbons (Fsp3) is 0.400. The molecule has 6 heteroatoms. The maximum absolute atomic E-state index is 13.0. The number of carbonyl (C=O) groups excluding carboxylic acids is 2. The van der Waals surface area contributed by atoms with Gasteiger partial charge in [-0.3, -0.25) is 9.59 Å². The van der Waals surface area contributed by atoms with Crippen LogP contribution in [-0.4, -0.2) is 36.2 Å². The van der Waals surface area contributed by atoms with E-state index in [0.29, 0.717) is 13.0 Å². The molecular formula is C25H31N3O3. The summed E-state index contributed by atoms with van der Waals surface area (Å²) in [6.07, 6.45) is 4.11. The molecule has 0 saturated carbocycles. The van der Waals surface area contributed by atoms with Crippen LogP contribution >= 0.6 is 0 Å². The van der Waals surface area contributed by atoms with Crippen molar-refractivity contribution >= 4 is 17.5 Å². The Bertz CT molecular complexity index is 894. The highest BCUT2D eigenvalue weighted by atomic mass is 16.5. The highest BCUT2D eigenvalue weighted by Gasteiger charge is 2.33. The average molecular weight is 422 g/mol. The summed E-state index contributed by atoms with van der Waals surface area (Å²) in [6, 6.07) is 17.4. The number of rotatable bonds is 10. The van der Waals surface area contributed by atoms with E-state index in [2.05, 4.69) is 17.3 Å². The van der Waals surface area contributed by atoms with E-state index in [1.807, 2.05) is 54.6 Å². The third kappa shape index (κ3) is 6.17. The molecule has 0 aliphatic carbocycles. The normalized spacial score (nSPS) is 15.5. The quantitative estimate of drug-likeness (QED) is 0.576. The molecule has 1 aliphatic heterocycles. The van der Waals surface area contributed by atoms with Crippen molar-refractivity contribution in [3.63, 3.8) is 0 Å². The molecule has 0 saturated heterocycles. The van der Waals surface area contributed by atoms with Gasteiger partial charge in [0.05, 0.1) is 18.9 Å². The van der Waals surface area contributed by atoms with E-state index in [9.17, 15) is 9.59 Å². The molecule has 1 atom stereocenters. The van der Waals surface area contributed by atoms with Crippen molar-refractivity contribution in [3.8, 4) is 5.75 Å². The van der Waals surface area contributed by atoms with Crippen LogP contribution in [0.1, 0.15) is 62.6 Å². The highest BCUT2D eigenvalue weighted by molar-refractivity contribution is 6.03. The van der Waals surface area contributed by atoms with Crippen LogP contribution in [0.25, 0.3) is 0 Å². The highest BCUT2D eigenvalue weighted by Crippen LogP contribution is 2.34. The molecule has 0 radical (unpaired) electrons. The summed E-state index contributed by atoms with van der Waals surface area (Å²) in [4.78, 5) is 25.1. The number of nitrogens with zero attached hydrogens (tertiary/aromatic N) is 2. The Morgan fingerprint density at radius 1 is 1.06 bits per heavy atom. The predicted molar refractivity (Wildman–Crippen MR) is 122 cm³/mol. The Kier molecular flexibility index (Phi) is 8.21. The zero-order chi connectivity index (χ0) is 22.1. The van der Waals surface area contributed by atoms with Gasteiger partial charge in [0.25, 0.3) is 0 Å². The maximum Gasteiger partial charge on any atom is 0.243 e. The minimum absolute atomic E-state index is 0.0862. The average Bonchev–Trinajstić information content (AvgIpc) is 3.26. The second-order valence-corrected chi connectivity index (χ2v) is 7.70. The Morgan fingerprint density at radius 3 is 2.48 bits per heavy atom. The second-order valence-electron chi connectivity index (χ2n) is 7.70. The summed E-state index contributed by atoms with van der Waals surface area (Å²) in [5, 5.41) is 9.10. The molecule has 164 valence electrons. The van der Waals surface area contributed by atoms with Gasteiger partial charge in [0, 0.05) is 25.8 Å². The van der Waals surface area contributed by atoms with E-state index in [0.717, 1.165) is 41.9 Å². The number of hydrazone groups is 1. The Morgan fingerprint density at radius 2 is 1.81 bits per heavy atom. The summed E-state index contributed by atoms with van der Waals surface area (Å²) in [5.41, 5.74) is 2.87. The number of unbranched alkanes of at least 4 members (excludes halogenated alkanes) is 2.